The fraction of sp³-hybridized carbons (Fsp3) is 0.227. The number of pyridine rings is 1. The molecule has 1 N–H and O–H groups in total. The molecular formula is C22H20ClNO2S. The predicted octanol–water partition coefficient (Wildman–Crippen LogP) is 6.41. The van der Waals surface area contributed by atoms with Crippen molar-refractivity contribution in [3.8, 4) is 16.9 Å². The molecule has 0 saturated heterocycles. The summed E-state index contributed by atoms with van der Waals surface area (Å²) >= 11 is 7.91. The van der Waals surface area contributed by atoms with E-state index >= 15 is 0 Å². The van der Waals surface area contributed by atoms with Crippen molar-refractivity contribution >= 4 is 43.9 Å². The van der Waals surface area contributed by atoms with Crippen LogP contribution in [0, 0.1) is 0 Å². The van der Waals surface area contributed by atoms with Crippen molar-refractivity contribution in [1.82, 2.24) is 4.98 Å². The number of hydrogen-bond donors (Lipinski definition) is 1. The molecule has 0 aliphatic carbocycles. The lowest BCUT2D eigenvalue weighted by molar-refractivity contribution is 0.417. The smallest absolute Gasteiger partial charge is 0.266 e. The van der Waals surface area contributed by atoms with Gasteiger partial charge in [0.05, 0.1) is 17.6 Å². The molecule has 27 heavy (non-hydrogen) atoms. The van der Waals surface area contributed by atoms with Crippen molar-refractivity contribution in [3.05, 3.63) is 62.7 Å². The fourth-order valence-corrected chi connectivity index (χ4v) is 4.57. The maximum atomic E-state index is 12.4. The van der Waals surface area contributed by atoms with Crippen LogP contribution in [-0.4, -0.2) is 12.1 Å². The van der Waals surface area contributed by atoms with Crippen molar-refractivity contribution in [2.45, 2.75) is 26.2 Å². The standard InChI is InChI=1S/C22H20ClNO2S/c1-3-4-5-13-6-8-14(9-7-13)18-17(26-2)12-16(23)20-19(18)15-10-11-27-21(15)22(25)24-20/h6-12H,3-5H2,1-2H3,(H,24,25). The van der Waals surface area contributed by atoms with Gasteiger partial charge in [0.1, 0.15) is 10.4 Å². The van der Waals surface area contributed by atoms with E-state index in [1.165, 1.54) is 29.7 Å². The number of rotatable bonds is 5. The normalized spacial score (nSPS) is 11.4. The van der Waals surface area contributed by atoms with Crippen LogP contribution in [0.3, 0.4) is 0 Å². The van der Waals surface area contributed by atoms with E-state index < -0.39 is 0 Å². The van der Waals surface area contributed by atoms with Crippen molar-refractivity contribution in [2.75, 3.05) is 7.11 Å². The minimum atomic E-state index is -0.111. The molecule has 0 aliphatic rings. The van der Waals surface area contributed by atoms with Gasteiger partial charge in [0, 0.05) is 22.4 Å². The Balaban J connectivity index is 2.02. The molecule has 0 radical (unpaired) electrons. The van der Waals surface area contributed by atoms with Gasteiger partial charge in [0.2, 0.25) is 0 Å². The van der Waals surface area contributed by atoms with Crippen LogP contribution in [0.1, 0.15) is 25.3 Å². The second-order valence-electron chi connectivity index (χ2n) is 6.60. The number of halogens is 1. The molecule has 4 aromatic rings. The van der Waals surface area contributed by atoms with Crippen molar-refractivity contribution in [3.63, 3.8) is 0 Å². The van der Waals surface area contributed by atoms with Gasteiger partial charge in [-0.25, -0.2) is 0 Å². The highest BCUT2D eigenvalue weighted by molar-refractivity contribution is 7.17. The zero-order chi connectivity index (χ0) is 19.0. The average molecular weight is 398 g/mol. The van der Waals surface area contributed by atoms with E-state index in [1.54, 1.807) is 13.2 Å². The number of thiophene rings is 1. The Labute approximate surface area is 166 Å². The van der Waals surface area contributed by atoms with Crippen molar-refractivity contribution < 1.29 is 4.74 Å². The Morgan fingerprint density at radius 2 is 1.96 bits per heavy atom. The molecule has 0 saturated carbocycles. The Kier molecular flexibility index (Phi) is 4.94. The molecule has 138 valence electrons. The van der Waals surface area contributed by atoms with Gasteiger partial charge in [-0.1, -0.05) is 49.2 Å². The summed E-state index contributed by atoms with van der Waals surface area (Å²) in [5.41, 5.74) is 3.87. The lowest BCUT2D eigenvalue weighted by Gasteiger charge is -2.15. The SMILES string of the molecule is CCCCc1ccc(-c2c(OC)cc(Cl)c3[nH]c(=O)c4sccc4c23)cc1. The first-order valence-corrected chi connectivity index (χ1v) is 10.3. The molecule has 0 fully saturated rings. The highest BCUT2D eigenvalue weighted by Gasteiger charge is 2.18. The third kappa shape index (κ3) is 3.13. The highest BCUT2D eigenvalue weighted by Crippen LogP contribution is 2.43. The summed E-state index contributed by atoms with van der Waals surface area (Å²) in [5.74, 6) is 0.702. The second-order valence-corrected chi connectivity index (χ2v) is 7.93. The lowest BCUT2D eigenvalue weighted by atomic mass is 9.96. The van der Waals surface area contributed by atoms with Crippen molar-refractivity contribution in [1.29, 1.82) is 0 Å². The van der Waals surface area contributed by atoms with Gasteiger partial charge < -0.3 is 9.72 Å². The minimum Gasteiger partial charge on any atom is -0.496 e. The molecule has 0 spiro atoms. The average Bonchev–Trinajstić information content (AvgIpc) is 3.18. The van der Waals surface area contributed by atoms with Crippen LogP contribution < -0.4 is 10.3 Å². The van der Waals surface area contributed by atoms with Crippen LogP contribution in [0.5, 0.6) is 5.75 Å². The molecule has 0 bridgehead atoms. The molecule has 3 nitrogen and oxygen atoms in total. The number of aromatic amines is 1. The van der Waals surface area contributed by atoms with E-state index in [4.69, 9.17) is 16.3 Å². The van der Waals surface area contributed by atoms with E-state index in [-0.39, 0.29) is 5.56 Å². The summed E-state index contributed by atoms with van der Waals surface area (Å²) in [6, 6.07) is 12.3. The number of nitrogens with one attached hydrogen (secondary N) is 1. The van der Waals surface area contributed by atoms with Gasteiger partial charge in [-0.15, -0.1) is 11.3 Å². The summed E-state index contributed by atoms with van der Waals surface area (Å²) in [5, 5.41) is 4.25. The third-order valence-electron chi connectivity index (χ3n) is 4.90. The third-order valence-corrected chi connectivity index (χ3v) is 6.12. The van der Waals surface area contributed by atoms with Crippen molar-refractivity contribution in [2.24, 2.45) is 0 Å². The van der Waals surface area contributed by atoms with Gasteiger partial charge >= 0.3 is 0 Å². The number of hydrogen-bond acceptors (Lipinski definition) is 3. The van der Waals surface area contributed by atoms with Crippen LogP contribution >= 0.6 is 22.9 Å². The molecule has 4 rings (SSSR count). The van der Waals surface area contributed by atoms with Gasteiger partial charge in [0.25, 0.3) is 5.56 Å². The number of H-pyrrole nitrogens is 1. The first-order valence-electron chi connectivity index (χ1n) is 9.03. The largest absolute Gasteiger partial charge is 0.496 e. The summed E-state index contributed by atoms with van der Waals surface area (Å²) in [4.78, 5) is 15.4. The molecule has 0 unspecified atom stereocenters. The van der Waals surface area contributed by atoms with Crippen LogP contribution in [0.25, 0.3) is 32.1 Å². The molecule has 0 aliphatic heterocycles. The number of fused-ring (bicyclic) bond motifs is 3. The summed E-state index contributed by atoms with van der Waals surface area (Å²) in [6.45, 7) is 2.20. The van der Waals surface area contributed by atoms with Crippen LogP contribution in [0.15, 0.2) is 46.6 Å². The Hall–Kier alpha value is -2.30. The number of ether oxygens (including phenoxy) is 1. The molecular weight excluding hydrogens is 378 g/mol. The molecule has 2 heterocycles. The van der Waals surface area contributed by atoms with Crippen LogP contribution in [-0.2, 0) is 6.42 Å². The molecule has 0 atom stereocenters. The fourth-order valence-electron chi connectivity index (χ4n) is 3.54. The minimum absolute atomic E-state index is 0.111. The quantitative estimate of drug-likeness (QED) is 0.422. The van der Waals surface area contributed by atoms with E-state index in [0.29, 0.717) is 21.0 Å². The van der Waals surface area contributed by atoms with Gasteiger partial charge in [-0.05, 0) is 35.4 Å². The molecule has 2 aromatic heterocycles. The number of aryl methyl sites for hydroxylation is 1. The van der Waals surface area contributed by atoms with E-state index in [9.17, 15) is 4.79 Å². The second kappa shape index (κ2) is 7.37. The summed E-state index contributed by atoms with van der Waals surface area (Å²) in [7, 11) is 1.65. The maximum absolute atomic E-state index is 12.4. The molecule has 0 amide bonds. The van der Waals surface area contributed by atoms with Gasteiger partial charge in [-0.3, -0.25) is 4.79 Å². The zero-order valence-electron chi connectivity index (χ0n) is 15.3. The van der Waals surface area contributed by atoms with E-state index in [0.717, 1.165) is 28.3 Å². The summed E-state index contributed by atoms with van der Waals surface area (Å²) < 4.78 is 6.37. The highest BCUT2D eigenvalue weighted by atomic mass is 35.5. The first kappa shape index (κ1) is 18.1. The van der Waals surface area contributed by atoms with E-state index in [2.05, 4.69) is 36.2 Å². The number of benzene rings is 2. The molecule has 2 aromatic carbocycles. The maximum Gasteiger partial charge on any atom is 0.266 e. The summed E-state index contributed by atoms with van der Waals surface area (Å²) in [6.07, 6.45) is 3.45. The van der Waals surface area contributed by atoms with Crippen LogP contribution in [0.4, 0.5) is 0 Å². The number of unbranched alkanes of at least 4 members (excludes halogenated alkanes) is 1. The number of methoxy groups -OCH3 is 1. The van der Waals surface area contributed by atoms with E-state index in [1.807, 2.05) is 11.4 Å². The van der Waals surface area contributed by atoms with Gasteiger partial charge in [-0.2, -0.15) is 0 Å². The zero-order valence-corrected chi connectivity index (χ0v) is 16.8. The first-order chi connectivity index (χ1) is 13.1. The van der Waals surface area contributed by atoms with Crippen LogP contribution in [0.2, 0.25) is 5.02 Å². The van der Waals surface area contributed by atoms with Gasteiger partial charge in [0.15, 0.2) is 0 Å². The Bertz CT molecular complexity index is 1180. The Morgan fingerprint density at radius 1 is 1.19 bits per heavy atom. The lowest BCUT2D eigenvalue weighted by Crippen LogP contribution is -2.05. The Morgan fingerprint density at radius 3 is 2.67 bits per heavy atom. The number of aromatic nitrogens is 1. The topological polar surface area (TPSA) is 42.1 Å². The predicted molar refractivity (Wildman–Crippen MR) is 116 cm³/mol. The monoisotopic (exact) mass is 397 g/mol. The molecule has 5 heteroatoms.